The molecule has 3 heteroatoms. The molecule has 4 atom stereocenters. The van der Waals surface area contributed by atoms with Gasteiger partial charge in [-0.25, -0.2) is 0 Å². The Morgan fingerprint density at radius 3 is 2.54 bits per heavy atom. The molecule has 0 spiro atoms. The number of hydrogen-bond acceptors (Lipinski definition) is 3. The van der Waals surface area contributed by atoms with Gasteiger partial charge in [0.1, 0.15) is 0 Å². The van der Waals surface area contributed by atoms with Crippen LogP contribution in [0.3, 0.4) is 0 Å². The van der Waals surface area contributed by atoms with Crippen molar-refractivity contribution in [3.8, 4) is 0 Å². The largest absolute Gasteiger partial charge is 0.381 e. The monoisotopic (exact) mass is 188 g/mol. The molecule has 0 amide bonds. The molecule has 78 valence electrons. The van der Waals surface area contributed by atoms with E-state index in [0.717, 1.165) is 0 Å². The molecular formula is C10H20O3. The van der Waals surface area contributed by atoms with Gasteiger partial charge in [-0.05, 0) is 12.8 Å². The van der Waals surface area contributed by atoms with Gasteiger partial charge in [-0.3, -0.25) is 0 Å². The SMILES string of the molecule is COC1C[C@H](O)OC(C)[C@@H]1C(C)C. The second kappa shape index (κ2) is 4.40. The van der Waals surface area contributed by atoms with Crippen molar-refractivity contribution in [1.29, 1.82) is 0 Å². The fourth-order valence-electron chi connectivity index (χ4n) is 2.28. The number of aliphatic hydroxyl groups excluding tert-OH is 1. The lowest BCUT2D eigenvalue weighted by Gasteiger charge is -2.40. The Morgan fingerprint density at radius 1 is 1.46 bits per heavy atom. The van der Waals surface area contributed by atoms with Gasteiger partial charge in [0.05, 0.1) is 12.2 Å². The predicted octanol–water partition coefficient (Wildman–Crippen LogP) is 1.40. The molecule has 0 bridgehead atoms. The minimum absolute atomic E-state index is 0.0775. The maximum atomic E-state index is 9.38. The van der Waals surface area contributed by atoms with Crippen molar-refractivity contribution in [2.24, 2.45) is 11.8 Å². The number of ether oxygens (including phenoxy) is 2. The predicted molar refractivity (Wildman–Crippen MR) is 50.3 cm³/mol. The molecule has 0 aromatic carbocycles. The van der Waals surface area contributed by atoms with Crippen LogP contribution in [-0.2, 0) is 9.47 Å². The first-order chi connectivity index (χ1) is 6.06. The average Bonchev–Trinajstić information content (AvgIpc) is 2.01. The van der Waals surface area contributed by atoms with E-state index >= 15 is 0 Å². The molecule has 0 aromatic heterocycles. The van der Waals surface area contributed by atoms with Crippen LogP contribution < -0.4 is 0 Å². The molecule has 0 radical (unpaired) electrons. The quantitative estimate of drug-likeness (QED) is 0.712. The summed E-state index contributed by atoms with van der Waals surface area (Å²) in [5.41, 5.74) is 0. The van der Waals surface area contributed by atoms with Gasteiger partial charge in [-0.2, -0.15) is 0 Å². The molecular weight excluding hydrogens is 168 g/mol. The number of rotatable bonds is 2. The molecule has 1 saturated heterocycles. The van der Waals surface area contributed by atoms with E-state index in [0.29, 0.717) is 18.3 Å². The Labute approximate surface area is 80.0 Å². The minimum atomic E-state index is -0.657. The Morgan fingerprint density at radius 2 is 2.08 bits per heavy atom. The maximum Gasteiger partial charge on any atom is 0.157 e. The van der Waals surface area contributed by atoms with E-state index in [9.17, 15) is 5.11 Å². The van der Waals surface area contributed by atoms with Crippen LogP contribution >= 0.6 is 0 Å². The highest BCUT2D eigenvalue weighted by atomic mass is 16.6. The third-order valence-corrected chi connectivity index (χ3v) is 2.85. The van der Waals surface area contributed by atoms with E-state index in [1.807, 2.05) is 6.92 Å². The Balaban J connectivity index is 2.66. The molecule has 1 aliphatic heterocycles. The van der Waals surface area contributed by atoms with Gasteiger partial charge in [-0.15, -0.1) is 0 Å². The molecule has 0 aliphatic carbocycles. The van der Waals surface area contributed by atoms with Gasteiger partial charge < -0.3 is 14.6 Å². The van der Waals surface area contributed by atoms with E-state index in [4.69, 9.17) is 9.47 Å². The molecule has 1 aliphatic rings. The standard InChI is InChI=1S/C10H20O3/c1-6(2)10-7(3)13-9(11)5-8(10)12-4/h6-11H,5H2,1-4H3/t7?,8?,9-,10+/m1/s1. The van der Waals surface area contributed by atoms with Crippen molar-refractivity contribution < 1.29 is 14.6 Å². The van der Waals surface area contributed by atoms with E-state index in [1.165, 1.54) is 0 Å². The Hall–Kier alpha value is -0.120. The zero-order valence-corrected chi connectivity index (χ0v) is 8.86. The number of hydrogen-bond donors (Lipinski definition) is 1. The van der Waals surface area contributed by atoms with Gasteiger partial charge in [0.15, 0.2) is 6.29 Å². The van der Waals surface area contributed by atoms with Crippen molar-refractivity contribution in [3.63, 3.8) is 0 Å². The lowest BCUT2D eigenvalue weighted by molar-refractivity contribution is -0.220. The van der Waals surface area contributed by atoms with Gasteiger partial charge in [0.2, 0.25) is 0 Å². The van der Waals surface area contributed by atoms with Crippen LogP contribution in [0, 0.1) is 11.8 Å². The first kappa shape index (κ1) is 11.0. The lowest BCUT2D eigenvalue weighted by atomic mass is 9.82. The summed E-state index contributed by atoms with van der Waals surface area (Å²) in [6.45, 7) is 6.32. The van der Waals surface area contributed by atoms with Crippen molar-refractivity contribution in [1.82, 2.24) is 0 Å². The fourth-order valence-corrected chi connectivity index (χ4v) is 2.28. The highest BCUT2D eigenvalue weighted by Crippen LogP contribution is 2.31. The molecule has 0 saturated carbocycles. The van der Waals surface area contributed by atoms with Crippen LogP contribution in [0.25, 0.3) is 0 Å². The van der Waals surface area contributed by atoms with Crippen LogP contribution in [0.1, 0.15) is 27.2 Å². The normalized spacial score (nSPS) is 41.1. The summed E-state index contributed by atoms with van der Waals surface area (Å²) in [7, 11) is 1.70. The summed E-state index contributed by atoms with van der Waals surface area (Å²) in [6, 6.07) is 0. The van der Waals surface area contributed by atoms with Crippen LogP contribution in [0.2, 0.25) is 0 Å². The topological polar surface area (TPSA) is 38.7 Å². The van der Waals surface area contributed by atoms with Crippen LogP contribution in [-0.4, -0.2) is 30.7 Å². The first-order valence-corrected chi connectivity index (χ1v) is 4.92. The second-order valence-corrected chi connectivity index (χ2v) is 4.13. The molecule has 13 heavy (non-hydrogen) atoms. The van der Waals surface area contributed by atoms with Crippen molar-refractivity contribution in [2.45, 2.75) is 45.7 Å². The van der Waals surface area contributed by atoms with Crippen LogP contribution in [0.15, 0.2) is 0 Å². The molecule has 1 rings (SSSR count). The van der Waals surface area contributed by atoms with Gasteiger partial charge >= 0.3 is 0 Å². The Bertz CT molecular complexity index is 158. The van der Waals surface area contributed by atoms with Crippen molar-refractivity contribution >= 4 is 0 Å². The average molecular weight is 188 g/mol. The summed E-state index contributed by atoms with van der Waals surface area (Å²) >= 11 is 0. The van der Waals surface area contributed by atoms with Gasteiger partial charge in [0.25, 0.3) is 0 Å². The zero-order valence-electron chi connectivity index (χ0n) is 8.86. The van der Waals surface area contributed by atoms with Crippen LogP contribution in [0.5, 0.6) is 0 Å². The van der Waals surface area contributed by atoms with E-state index in [-0.39, 0.29) is 12.2 Å². The smallest absolute Gasteiger partial charge is 0.157 e. The van der Waals surface area contributed by atoms with Crippen molar-refractivity contribution in [3.05, 3.63) is 0 Å². The summed E-state index contributed by atoms with van der Waals surface area (Å²) in [5, 5.41) is 9.38. The molecule has 3 nitrogen and oxygen atoms in total. The maximum absolute atomic E-state index is 9.38. The minimum Gasteiger partial charge on any atom is -0.381 e. The molecule has 0 aromatic rings. The third kappa shape index (κ3) is 2.42. The van der Waals surface area contributed by atoms with E-state index < -0.39 is 6.29 Å². The third-order valence-electron chi connectivity index (χ3n) is 2.85. The fraction of sp³-hybridized carbons (Fsp3) is 1.00. The number of aliphatic hydroxyl groups is 1. The molecule has 1 heterocycles. The summed E-state index contributed by atoms with van der Waals surface area (Å²) in [5.74, 6) is 0.904. The zero-order chi connectivity index (χ0) is 10.0. The van der Waals surface area contributed by atoms with Gasteiger partial charge in [0, 0.05) is 19.4 Å². The molecule has 1 fully saturated rings. The van der Waals surface area contributed by atoms with E-state index in [2.05, 4.69) is 13.8 Å². The first-order valence-electron chi connectivity index (χ1n) is 4.92. The summed E-state index contributed by atoms with van der Waals surface area (Å²) < 4.78 is 10.7. The van der Waals surface area contributed by atoms with Gasteiger partial charge in [-0.1, -0.05) is 13.8 Å². The number of methoxy groups -OCH3 is 1. The van der Waals surface area contributed by atoms with Crippen LogP contribution in [0.4, 0.5) is 0 Å². The Kier molecular flexibility index (Phi) is 3.71. The van der Waals surface area contributed by atoms with E-state index in [1.54, 1.807) is 7.11 Å². The second-order valence-electron chi connectivity index (χ2n) is 4.13. The lowest BCUT2D eigenvalue weighted by Crippen LogP contribution is -2.46. The summed E-state index contributed by atoms with van der Waals surface area (Å²) in [6.07, 6.45) is 0.131. The van der Waals surface area contributed by atoms with Crippen molar-refractivity contribution in [2.75, 3.05) is 7.11 Å². The highest BCUT2D eigenvalue weighted by molar-refractivity contribution is 4.83. The summed E-state index contributed by atoms with van der Waals surface area (Å²) in [4.78, 5) is 0. The highest BCUT2D eigenvalue weighted by Gasteiger charge is 2.37. The molecule has 1 N–H and O–H groups in total. The molecule has 2 unspecified atom stereocenters.